The zero-order chi connectivity index (χ0) is 15.2. The summed E-state index contributed by atoms with van der Waals surface area (Å²) in [5, 5.41) is 3.24. The summed E-state index contributed by atoms with van der Waals surface area (Å²) in [7, 11) is 0. The Morgan fingerprint density at radius 3 is 2.33 bits per heavy atom. The molecule has 1 aromatic carbocycles. The highest BCUT2D eigenvalue weighted by Gasteiger charge is 2.16. The molecule has 5 nitrogen and oxygen atoms in total. The van der Waals surface area contributed by atoms with Crippen molar-refractivity contribution < 1.29 is 4.79 Å². The number of carbonyl (C=O) groups excluding carboxylic acids is 1. The highest BCUT2D eigenvalue weighted by molar-refractivity contribution is 5.79. The molecule has 1 aromatic heterocycles. The number of aromatic nitrogens is 2. The van der Waals surface area contributed by atoms with Crippen molar-refractivity contribution in [1.29, 1.82) is 0 Å². The predicted molar refractivity (Wildman–Crippen MR) is 82.3 cm³/mol. The number of primary amides is 1. The van der Waals surface area contributed by atoms with Crippen molar-refractivity contribution in [2.24, 2.45) is 5.73 Å². The van der Waals surface area contributed by atoms with Gasteiger partial charge in [0.2, 0.25) is 5.91 Å². The molecule has 0 saturated heterocycles. The summed E-state index contributed by atoms with van der Waals surface area (Å²) >= 11 is 0. The van der Waals surface area contributed by atoms with E-state index in [0.717, 1.165) is 16.7 Å². The van der Waals surface area contributed by atoms with Crippen molar-refractivity contribution in [3.8, 4) is 11.1 Å². The second kappa shape index (κ2) is 6.95. The molecule has 0 fully saturated rings. The Kier molecular flexibility index (Phi) is 5.00. The summed E-state index contributed by atoms with van der Waals surface area (Å²) in [5.74, 6) is -0.317. The molecule has 0 saturated carbocycles. The van der Waals surface area contributed by atoms with E-state index in [0.29, 0.717) is 6.42 Å². The lowest BCUT2D eigenvalue weighted by molar-refractivity contribution is -0.120. The molecule has 0 aliphatic heterocycles. The number of nitrogens with one attached hydrogen (secondary N) is 1. The Morgan fingerprint density at radius 2 is 1.81 bits per heavy atom. The zero-order valence-electron chi connectivity index (χ0n) is 12.3. The Hall–Kier alpha value is -2.27. The molecule has 2 atom stereocenters. The number of carbonyl (C=O) groups is 1. The van der Waals surface area contributed by atoms with Crippen LogP contribution in [0.5, 0.6) is 0 Å². The highest BCUT2D eigenvalue weighted by Crippen LogP contribution is 2.21. The van der Waals surface area contributed by atoms with E-state index < -0.39 is 0 Å². The van der Waals surface area contributed by atoms with Crippen molar-refractivity contribution in [3.05, 3.63) is 48.5 Å². The molecule has 1 amide bonds. The number of nitrogens with two attached hydrogens (primary N) is 1. The minimum Gasteiger partial charge on any atom is -0.368 e. The van der Waals surface area contributed by atoms with E-state index in [4.69, 9.17) is 5.73 Å². The van der Waals surface area contributed by atoms with Crippen molar-refractivity contribution in [1.82, 2.24) is 15.3 Å². The zero-order valence-corrected chi connectivity index (χ0v) is 12.3. The molecule has 110 valence electrons. The topological polar surface area (TPSA) is 80.9 Å². The maximum absolute atomic E-state index is 11.3. The third kappa shape index (κ3) is 3.86. The van der Waals surface area contributed by atoms with Gasteiger partial charge in [0.25, 0.3) is 0 Å². The summed E-state index contributed by atoms with van der Waals surface area (Å²) in [5.41, 5.74) is 8.51. The van der Waals surface area contributed by atoms with Gasteiger partial charge in [-0.05, 0) is 24.5 Å². The molecule has 0 aliphatic rings. The Labute approximate surface area is 124 Å². The summed E-state index contributed by atoms with van der Waals surface area (Å²) in [4.78, 5) is 19.3. The predicted octanol–water partition coefficient (Wildman–Crippen LogP) is 2.06. The maximum Gasteiger partial charge on any atom is 0.234 e. The van der Waals surface area contributed by atoms with Crippen molar-refractivity contribution >= 4 is 5.91 Å². The molecule has 0 spiro atoms. The van der Waals surface area contributed by atoms with Gasteiger partial charge in [-0.3, -0.25) is 10.1 Å². The van der Waals surface area contributed by atoms with Crippen molar-refractivity contribution in [2.75, 3.05) is 0 Å². The fourth-order valence-corrected chi connectivity index (χ4v) is 2.21. The summed E-state index contributed by atoms with van der Waals surface area (Å²) in [6.07, 6.45) is 5.76. The van der Waals surface area contributed by atoms with Gasteiger partial charge in [0.15, 0.2) is 0 Å². The molecule has 3 N–H and O–H groups in total. The first-order chi connectivity index (χ1) is 10.1. The van der Waals surface area contributed by atoms with Crippen LogP contribution >= 0.6 is 0 Å². The molecule has 0 unspecified atom stereocenters. The van der Waals surface area contributed by atoms with E-state index in [1.54, 1.807) is 12.4 Å². The molecule has 0 bridgehead atoms. The monoisotopic (exact) mass is 284 g/mol. The van der Waals surface area contributed by atoms with Crippen LogP contribution in [-0.2, 0) is 4.79 Å². The first-order valence-corrected chi connectivity index (χ1v) is 7.02. The summed E-state index contributed by atoms with van der Waals surface area (Å²) < 4.78 is 0. The Balaban J connectivity index is 2.10. The average Bonchev–Trinajstić information content (AvgIpc) is 2.53. The molecular formula is C16H20N4O. The summed E-state index contributed by atoms with van der Waals surface area (Å²) in [6, 6.07) is 7.88. The van der Waals surface area contributed by atoms with Crippen LogP contribution in [0.3, 0.4) is 0 Å². The first kappa shape index (κ1) is 15.1. The molecule has 1 heterocycles. The average molecular weight is 284 g/mol. The molecule has 5 heteroatoms. The molecule has 0 aliphatic carbocycles. The van der Waals surface area contributed by atoms with E-state index in [1.165, 1.54) is 6.33 Å². The van der Waals surface area contributed by atoms with Crippen LogP contribution in [0.25, 0.3) is 11.1 Å². The van der Waals surface area contributed by atoms with Gasteiger partial charge in [0, 0.05) is 24.0 Å². The Morgan fingerprint density at radius 1 is 1.19 bits per heavy atom. The lowest BCUT2D eigenvalue weighted by Gasteiger charge is -2.20. The van der Waals surface area contributed by atoms with Crippen LogP contribution in [0.1, 0.15) is 31.9 Å². The van der Waals surface area contributed by atoms with Crippen LogP contribution in [0, 0.1) is 0 Å². The SMILES string of the molecule is CC[C@@H](N[C@@H](C)c1ccc(-c2cncnc2)cc1)C(N)=O. The number of nitrogens with zero attached hydrogens (tertiary/aromatic N) is 2. The molecule has 2 aromatic rings. The molecule has 21 heavy (non-hydrogen) atoms. The lowest BCUT2D eigenvalue weighted by atomic mass is 10.0. The summed E-state index contributed by atoms with van der Waals surface area (Å²) in [6.45, 7) is 3.96. The van der Waals surface area contributed by atoms with Crippen LogP contribution in [0.15, 0.2) is 43.0 Å². The molecular weight excluding hydrogens is 264 g/mol. The minimum absolute atomic E-state index is 0.0588. The second-order valence-corrected chi connectivity index (χ2v) is 5.00. The number of benzene rings is 1. The first-order valence-electron chi connectivity index (χ1n) is 7.02. The number of hydrogen-bond acceptors (Lipinski definition) is 4. The molecule has 0 radical (unpaired) electrons. The third-order valence-electron chi connectivity index (χ3n) is 3.51. The van der Waals surface area contributed by atoms with Gasteiger partial charge in [0.05, 0.1) is 6.04 Å². The largest absolute Gasteiger partial charge is 0.368 e. The minimum atomic E-state index is -0.317. The van der Waals surface area contributed by atoms with Gasteiger partial charge in [-0.1, -0.05) is 31.2 Å². The van der Waals surface area contributed by atoms with Crippen LogP contribution in [0.4, 0.5) is 0 Å². The fraction of sp³-hybridized carbons (Fsp3) is 0.312. The van der Waals surface area contributed by atoms with E-state index in [1.807, 2.05) is 38.1 Å². The molecule has 2 rings (SSSR count). The smallest absolute Gasteiger partial charge is 0.234 e. The van der Waals surface area contributed by atoms with Crippen LogP contribution < -0.4 is 11.1 Å². The second-order valence-electron chi connectivity index (χ2n) is 5.00. The normalized spacial score (nSPS) is 13.6. The van der Waals surface area contributed by atoms with Gasteiger partial charge in [0.1, 0.15) is 6.33 Å². The van der Waals surface area contributed by atoms with Crippen molar-refractivity contribution in [3.63, 3.8) is 0 Å². The van der Waals surface area contributed by atoms with E-state index >= 15 is 0 Å². The van der Waals surface area contributed by atoms with Gasteiger partial charge < -0.3 is 5.73 Å². The van der Waals surface area contributed by atoms with Gasteiger partial charge in [-0.15, -0.1) is 0 Å². The van der Waals surface area contributed by atoms with Crippen molar-refractivity contribution in [2.45, 2.75) is 32.4 Å². The Bertz CT molecular complexity index is 583. The van der Waals surface area contributed by atoms with Crippen LogP contribution in [-0.4, -0.2) is 21.9 Å². The lowest BCUT2D eigenvalue weighted by Crippen LogP contribution is -2.41. The van der Waals surface area contributed by atoms with Gasteiger partial charge >= 0.3 is 0 Å². The van der Waals surface area contributed by atoms with Gasteiger partial charge in [-0.25, -0.2) is 9.97 Å². The number of rotatable bonds is 6. The van der Waals surface area contributed by atoms with E-state index in [-0.39, 0.29) is 18.0 Å². The van der Waals surface area contributed by atoms with E-state index in [9.17, 15) is 4.79 Å². The highest BCUT2D eigenvalue weighted by atomic mass is 16.1. The number of amides is 1. The third-order valence-corrected chi connectivity index (χ3v) is 3.51. The fourth-order valence-electron chi connectivity index (χ4n) is 2.21. The number of hydrogen-bond donors (Lipinski definition) is 2. The maximum atomic E-state index is 11.3. The van der Waals surface area contributed by atoms with E-state index in [2.05, 4.69) is 15.3 Å². The standard InChI is InChI=1S/C16H20N4O/c1-3-15(16(17)21)20-11(2)12-4-6-13(7-5-12)14-8-18-10-19-9-14/h4-11,15,20H,3H2,1-2H3,(H2,17,21)/t11-,15+/m0/s1. The van der Waals surface area contributed by atoms with Gasteiger partial charge in [-0.2, -0.15) is 0 Å². The quantitative estimate of drug-likeness (QED) is 0.850. The van der Waals surface area contributed by atoms with Crippen LogP contribution in [0.2, 0.25) is 0 Å².